The number of nitrogens with one attached hydrogen (secondary N) is 1. The van der Waals surface area contributed by atoms with Crippen molar-refractivity contribution in [3.8, 4) is 6.07 Å². The third-order valence-corrected chi connectivity index (χ3v) is 5.17. The van der Waals surface area contributed by atoms with E-state index < -0.39 is 23.6 Å². The number of rotatable bonds is 2. The average molecular weight is 314 g/mol. The molecule has 3 nitrogen and oxygen atoms in total. The quantitative estimate of drug-likeness (QED) is 0.850. The molecule has 0 bridgehead atoms. The maximum atomic E-state index is 12.4. The van der Waals surface area contributed by atoms with Crippen LogP contribution in [0, 0.1) is 28.1 Å². The SMILES string of the molecule is CC1(C)C(=O)C(C#N)=C[C@@]2(C)C[C@H](NCC(F)(F)F)CCC12. The zero-order valence-electron chi connectivity index (χ0n) is 13.0. The van der Waals surface area contributed by atoms with Crippen LogP contribution in [0.5, 0.6) is 0 Å². The third kappa shape index (κ3) is 3.05. The van der Waals surface area contributed by atoms with Gasteiger partial charge in [-0.1, -0.05) is 26.8 Å². The van der Waals surface area contributed by atoms with Gasteiger partial charge in [0.15, 0.2) is 5.78 Å². The number of nitriles is 1. The molecule has 3 atom stereocenters. The van der Waals surface area contributed by atoms with E-state index in [1.165, 1.54) is 0 Å². The van der Waals surface area contributed by atoms with E-state index in [0.29, 0.717) is 19.3 Å². The van der Waals surface area contributed by atoms with Crippen LogP contribution in [0.3, 0.4) is 0 Å². The number of hydrogen-bond acceptors (Lipinski definition) is 3. The Morgan fingerprint density at radius 3 is 2.55 bits per heavy atom. The number of allylic oxidation sites excluding steroid dienone is 2. The van der Waals surface area contributed by atoms with Crippen molar-refractivity contribution in [1.82, 2.24) is 5.32 Å². The minimum atomic E-state index is -4.23. The van der Waals surface area contributed by atoms with Crippen molar-refractivity contribution < 1.29 is 18.0 Å². The van der Waals surface area contributed by atoms with E-state index in [0.717, 1.165) is 0 Å². The third-order valence-electron chi connectivity index (χ3n) is 5.17. The number of halogens is 3. The lowest BCUT2D eigenvalue weighted by Crippen LogP contribution is -2.53. The molecule has 0 aliphatic heterocycles. The molecule has 122 valence electrons. The Morgan fingerprint density at radius 1 is 1.36 bits per heavy atom. The first-order chi connectivity index (χ1) is 9.99. The Labute approximate surface area is 128 Å². The van der Waals surface area contributed by atoms with Gasteiger partial charge in [0, 0.05) is 11.5 Å². The Kier molecular flexibility index (Phi) is 4.16. The molecule has 2 aliphatic rings. The summed E-state index contributed by atoms with van der Waals surface area (Å²) in [6.45, 7) is 4.62. The zero-order chi connectivity index (χ0) is 16.8. The van der Waals surface area contributed by atoms with E-state index in [9.17, 15) is 23.2 Å². The van der Waals surface area contributed by atoms with E-state index in [2.05, 4.69) is 5.32 Å². The first-order valence-electron chi connectivity index (χ1n) is 7.47. The molecule has 0 aromatic carbocycles. The minimum absolute atomic E-state index is 0.0496. The number of carbonyl (C=O) groups excluding carboxylic acids is 1. The van der Waals surface area contributed by atoms with Gasteiger partial charge in [-0.3, -0.25) is 4.79 Å². The molecule has 0 radical (unpaired) electrons. The summed E-state index contributed by atoms with van der Waals surface area (Å²) in [6.07, 6.45) is -0.738. The molecule has 1 unspecified atom stereocenters. The summed E-state index contributed by atoms with van der Waals surface area (Å²) < 4.78 is 37.1. The van der Waals surface area contributed by atoms with Crippen LogP contribution in [-0.4, -0.2) is 24.5 Å². The maximum Gasteiger partial charge on any atom is 0.401 e. The maximum absolute atomic E-state index is 12.4. The molecule has 0 amide bonds. The van der Waals surface area contributed by atoms with Crippen LogP contribution in [0.4, 0.5) is 13.2 Å². The second kappa shape index (κ2) is 5.38. The van der Waals surface area contributed by atoms with E-state index >= 15 is 0 Å². The summed E-state index contributed by atoms with van der Waals surface area (Å²) in [5.74, 6) is -0.104. The van der Waals surface area contributed by atoms with Crippen molar-refractivity contribution in [2.75, 3.05) is 6.54 Å². The Morgan fingerprint density at radius 2 is 2.00 bits per heavy atom. The van der Waals surface area contributed by atoms with Crippen LogP contribution in [0.2, 0.25) is 0 Å². The van der Waals surface area contributed by atoms with Crippen molar-refractivity contribution in [2.45, 2.75) is 52.3 Å². The molecule has 0 aromatic heterocycles. The van der Waals surface area contributed by atoms with Gasteiger partial charge in [-0.15, -0.1) is 0 Å². The number of Topliss-reactive ketones (excluding diaryl/α,β-unsaturated/α-hetero) is 1. The molecule has 0 aromatic rings. The lowest BCUT2D eigenvalue weighted by Gasteiger charge is -2.52. The Hall–Kier alpha value is -1.35. The van der Waals surface area contributed by atoms with Crippen LogP contribution in [0.25, 0.3) is 0 Å². The van der Waals surface area contributed by atoms with Gasteiger partial charge in [0.05, 0.1) is 12.1 Å². The molecular formula is C16H21F3N2O. The number of alkyl halides is 3. The van der Waals surface area contributed by atoms with Gasteiger partial charge in [0.2, 0.25) is 0 Å². The van der Waals surface area contributed by atoms with Gasteiger partial charge in [0.25, 0.3) is 0 Å². The molecule has 2 rings (SSSR count). The fourth-order valence-electron chi connectivity index (χ4n) is 4.24. The smallest absolute Gasteiger partial charge is 0.306 e. The molecule has 1 saturated carbocycles. The van der Waals surface area contributed by atoms with E-state index in [-0.39, 0.29) is 23.3 Å². The minimum Gasteiger partial charge on any atom is -0.306 e. The standard InChI is InChI=1S/C16H21F3N2O/c1-14(2)12-5-4-11(21-9-16(17,18)19)7-15(12,3)6-10(8-20)13(14)22/h6,11-12,21H,4-5,7,9H2,1-3H3/t11-,12?,15+/m1/s1. The largest absolute Gasteiger partial charge is 0.401 e. The molecule has 2 aliphatic carbocycles. The molecule has 0 heterocycles. The lowest BCUT2D eigenvalue weighted by atomic mass is 9.52. The Balaban J connectivity index is 2.23. The highest BCUT2D eigenvalue weighted by Crippen LogP contribution is 2.55. The molecule has 0 spiro atoms. The topological polar surface area (TPSA) is 52.9 Å². The average Bonchev–Trinajstić information content (AvgIpc) is 2.39. The highest BCUT2D eigenvalue weighted by molar-refractivity contribution is 6.04. The molecule has 0 saturated heterocycles. The van der Waals surface area contributed by atoms with E-state index in [1.807, 2.05) is 26.8 Å². The normalized spacial score (nSPS) is 34.6. The summed E-state index contributed by atoms with van der Waals surface area (Å²) in [6, 6.07) is 1.70. The number of ketones is 1. The van der Waals surface area contributed by atoms with Crippen molar-refractivity contribution >= 4 is 5.78 Å². The number of carbonyl (C=O) groups is 1. The predicted molar refractivity (Wildman–Crippen MR) is 75.8 cm³/mol. The predicted octanol–water partition coefficient (Wildman–Crippen LogP) is 3.37. The first kappa shape index (κ1) is 17.0. The molecule has 1 N–H and O–H groups in total. The number of fused-ring (bicyclic) bond motifs is 1. The van der Waals surface area contributed by atoms with Gasteiger partial charge < -0.3 is 5.32 Å². The van der Waals surface area contributed by atoms with Crippen LogP contribution >= 0.6 is 0 Å². The van der Waals surface area contributed by atoms with E-state index in [1.54, 1.807) is 6.08 Å². The van der Waals surface area contributed by atoms with Crippen molar-refractivity contribution in [2.24, 2.45) is 16.7 Å². The molecule has 6 heteroatoms. The van der Waals surface area contributed by atoms with Crippen molar-refractivity contribution in [3.05, 3.63) is 11.6 Å². The van der Waals surface area contributed by atoms with Crippen LogP contribution in [-0.2, 0) is 4.79 Å². The fourth-order valence-corrected chi connectivity index (χ4v) is 4.24. The van der Waals surface area contributed by atoms with Gasteiger partial charge in [-0.05, 0) is 30.6 Å². The van der Waals surface area contributed by atoms with Crippen molar-refractivity contribution in [3.63, 3.8) is 0 Å². The first-order valence-corrected chi connectivity index (χ1v) is 7.47. The van der Waals surface area contributed by atoms with Gasteiger partial charge in [-0.25, -0.2) is 0 Å². The second-order valence-corrected chi connectivity index (χ2v) is 7.25. The van der Waals surface area contributed by atoms with Crippen LogP contribution in [0.1, 0.15) is 40.0 Å². The molecule has 1 fully saturated rings. The fraction of sp³-hybridized carbons (Fsp3) is 0.750. The lowest BCUT2D eigenvalue weighted by molar-refractivity contribution is -0.133. The molecular weight excluding hydrogens is 293 g/mol. The van der Waals surface area contributed by atoms with Gasteiger partial charge >= 0.3 is 6.18 Å². The summed E-state index contributed by atoms with van der Waals surface area (Å²) in [4.78, 5) is 12.4. The van der Waals surface area contributed by atoms with Gasteiger partial charge in [0.1, 0.15) is 6.07 Å². The summed E-state index contributed by atoms with van der Waals surface area (Å²) >= 11 is 0. The zero-order valence-corrected chi connectivity index (χ0v) is 13.0. The van der Waals surface area contributed by atoms with Crippen LogP contribution < -0.4 is 5.32 Å². The second-order valence-electron chi connectivity index (χ2n) is 7.25. The van der Waals surface area contributed by atoms with Crippen molar-refractivity contribution in [1.29, 1.82) is 5.26 Å². The van der Waals surface area contributed by atoms with Gasteiger partial charge in [-0.2, -0.15) is 18.4 Å². The van der Waals surface area contributed by atoms with E-state index in [4.69, 9.17) is 0 Å². The monoisotopic (exact) mass is 314 g/mol. The van der Waals surface area contributed by atoms with Crippen LogP contribution in [0.15, 0.2) is 11.6 Å². The Bertz CT molecular complexity index is 545. The summed E-state index contributed by atoms with van der Waals surface area (Å²) in [7, 11) is 0. The molecule has 22 heavy (non-hydrogen) atoms. The number of nitrogens with zero attached hydrogens (tertiary/aromatic N) is 1. The number of hydrogen-bond donors (Lipinski definition) is 1. The summed E-state index contributed by atoms with van der Waals surface area (Å²) in [5.41, 5.74) is -0.937. The summed E-state index contributed by atoms with van der Waals surface area (Å²) in [5, 5.41) is 11.7. The highest BCUT2D eigenvalue weighted by atomic mass is 19.4. The highest BCUT2D eigenvalue weighted by Gasteiger charge is 2.53.